The summed E-state index contributed by atoms with van der Waals surface area (Å²) in [4.78, 5) is 14.1. The number of hydrogen-bond donors (Lipinski definition) is 0. The number of carbonyl (C=O) groups excluding carboxylic acids is 1. The molecule has 1 aromatic carbocycles. The molecule has 0 N–H and O–H groups in total. The Morgan fingerprint density at radius 2 is 2.00 bits per heavy atom. The SMILES string of the molecule is CCC[C@@H]1[C@H](C(=O)OCC)N1Cc1ccccc1. The van der Waals surface area contributed by atoms with E-state index in [1.165, 1.54) is 5.56 Å². The predicted octanol–water partition coefficient (Wildman–Crippen LogP) is 2.60. The fraction of sp³-hybridized carbons (Fsp3) is 0.533. The van der Waals surface area contributed by atoms with Gasteiger partial charge in [0.05, 0.1) is 6.61 Å². The minimum Gasteiger partial charge on any atom is -0.465 e. The fourth-order valence-electron chi connectivity index (χ4n) is 2.48. The minimum atomic E-state index is -0.0631. The molecular formula is C15H21NO2. The quantitative estimate of drug-likeness (QED) is 0.571. The van der Waals surface area contributed by atoms with E-state index in [1.54, 1.807) is 0 Å². The van der Waals surface area contributed by atoms with Gasteiger partial charge in [0, 0.05) is 12.6 Å². The standard InChI is InChI=1S/C15H21NO2/c1-3-8-13-14(15(17)18-4-2)16(13)11-12-9-6-5-7-10-12/h5-7,9-10,13-14H,3-4,8,11H2,1-2H3/t13-,14-,16?/m1/s1. The van der Waals surface area contributed by atoms with E-state index >= 15 is 0 Å². The van der Waals surface area contributed by atoms with Gasteiger partial charge in [-0.15, -0.1) is 0 Å². The van der Waals surface area contributed by atoms with Crippen LogP contribution in [0.25, 0.3) is 0 Å². The molecule has 0 bridgehead atoms. The second-order valence-corrected chi connectivity index (χ2v) is 4.71. The Kier molecular flexibility index (Phi) is 4.37. The van der Waals surface area contributed by atoms with Crippen LogP contribution in [-0.4, -0.2) is 29.6 Å². The summed E-state index contributed by atoms with van der Waals surface area (Å²) in [6, 6.07) is 10.6. The predicted molar refractivity (Wildman–Crippen MR) is 71.1 cm³/mol. The van der Waals surface area contributed by atoms with E-state index in [4.69, 9.17) is 4.74 Å². The minimum absolute atomic E-state index is 0.0230. The van der Waals surface area contributed by atoms with E-state index < -0.39 is 0 Å². The van der Waals surface area contributed by atoms with Crippen LogP contribution >= 0.6 is 0 Å². The monoisotopic (exact) mass is 247 g/mol. The van der Waals surface area contributed by atoms with Crippen molar-refractivity contribution in [3.63, 3.8) is 0 Å². The van der Waals surface area contributed by atoms with E-state index in [-0.39, 0.29) is 12.0 Å². The van der Waals surface area contributed by atoms with E-state index in [9.17, 15) is 4.79 Å². The van der Waals surface area contributed by atoms with Crippen molar-refractivity contribution in [3.8, 4) is 0 Å². The number of benzene rings is 1. The van der Waals surface area contributed by atoms with Gasteiger partial charge >= 0.3 is 5.97 Å². The molecule has 98 valence electrons. The molecule has 2 rings (SSSR count). The smallest absolute Gasteiger partial charge is 0.325 e. The molecule has 3 nitrogen and oxygen atoms in total. The Morgan fingerprint density at radius 3 is 2.61 bits per heavy atom. The number of rotatable bonds is 6. The van der Waals surface area contributed by atoms with Gasteiger partial charge in [0.2, 0.25) is 0 Å². The Labute approximate surface area is 109 Å². The molecule has 0 spiro atoms. The maximum absolute atomic E-state index is 11.8. The van der Waals surface area contributed by atoms with Gasteiger partial charge in [-0.2, -0.15) is 0 Å². The first-order valence-corrected chi connectivity index (χ1v) is 6.74. The molecule has 1 aliphatic rings. The van der Waals surface area contributed by atoms with Crippen LogP contribution in [0.1, 0.15) is 32.3 Å². The van der Waals surface area contributed by atoms with Gasteiger partial charge in [-0.05, 0) is 18.9 Å². The number of hydrogen-bond acceptors (Lipinski definition) is 3. The summed E-state index contributed by atoms with van der Waals surface area (Å²) < 4.78 is 5.13. The molecule has 3 atom stereocenters. The van der Waals surface area contributed by atoms with Gasteiger partial charge in [-0.25, -0.2) is 0 Å². The van der Waals surface area contributed by atoms with Crippen molar-refractivity contribution in [3.05, 3.63) is 35.9 Å². The third-order valence-corrected chi connectivity index (χ3v) is 3.38. The summed E-state index contributed by atoms with van der Waals surface area (Å²) >= 11 is 0. The maximum Gasteiger partial charge on any atom is 0.325 e. The zero-order valence-electron chi connectivity index (χ0n) is 11.1. The number of nitrogens with zero attached hydrogens (tertiary/aromatic N) is 1. The van der Waals surface area contributed by atoms with Crippen molar-refractivity contribution >= 4 is 5.97 Å². The number of ether oxygens (including phenoxy) is 1. The molecular weight excluding hydrogens is 226 g/mol. The number of carbonyl (C=O) groups is 1. The van der Waals surface area contributed by atoms with E-state index in [0.29, 0.717) is 12.6 Å². The van der Waals surface area contributed by atoms with Crippen LogP contribution in [0.5, 0.6) is 0 Å². The van der Waals surface area contributed by atoms with Crippen LogP contribution in [0.15, 0.2) is 30.3 Å². The maximum atomic E-state index is 11.8. The Balaban J connectivity index is 1.96. The zero-order valence-corrected chi connectivity index (χ0v) is 11.1. The molecule has 3 heteroatoms. The lowest BCUT2D eigenvalue weighted by molar-refractivity contribution is -0.143. The van der Waals surface area contributed by atoms with Gasteiger partial charge in [0.15, 0.2) is 0 Å². The third kappa shape index (κ3) is 2.91. The highest BCUT2D eigenvalue weighted by molar-refractivity contribution is 5.80. The van der Waals surface area contributed by atoms with E-state index in [1.807, 2.05) is 25.1 Å². The number of esters is 1. The van der Waals surface area contributed by atoms with Crippen molar-refractivity contribution in [2.24, 2.45) is 0 Å². The first-order chi connectivity index (χ1) is 8.77. The summed E-state index contributed by atoms with van der Waals surface area (Å²) in [5, 5.41) is 0. The van der Waals surface area contributed by atoms with Crippen molar-refractivity contribution in [1.29, 1.82) is 0 Å². The van der Waals surface area contributed by atoms with Gasteiger partial charge in [0.1, 0.15) is 6.04 Å². The van der Waals surface area contributed by atoms with Crippen LogP contribution in [0, 0.1) is 0 Å². The van der Waals surface area contributed by atoms with Crippen molar-refractivity contribution in [2.45, 2.75) is 45.3 Å². The second kappa shape index (κ2) is 6.01. The van der Waals surface area contributed by atoms with Gasteiger partial charge < -0.3 is 4.74 Å². The second-order valence-electron chi connectivity index (χ2n) is 4.71. The zero-order chi connectivity index (χ0) is 13.0. The van der Waals surface area contributed by atoms with Gasteiger partial charge in [-0.3, -0.25) is 9.69 Å². The average Bonchev–Trinajstić information content (AvgIpc) is 3.04. The summed E-state index contributed by atoms with van der Waals surface area (Å²) in [5.74, 6) is -0.0631. The highest BCUT2D eigenvalue weighted by Crippen LogP contribution is 2.34. The third-order valence-electron chi connectivity index (χ3n) is 3.38. The highest BCUT2D eigenvalue weighted by Gasteiger charge is 2.52. The first kappa shape index (κ1) is 13.1. The summed E-state index contributed by atoms with van der Waals surface area (Å²) in [6.07, 6.45) is 2.17. The van der Waals surface area contributed by atoms with Crippen LogP contribution < -0.4 is 0 Å². The molecule has 1 fully saturated rings. The molecule has 1 aromatic rings. The Morgan fingerprint density at radius 1 is 1.28 bits per heavy atom. The molecule has 0 amide bonds. The molecule has 0 saturated carbocycles. The molecule has 18 heavy (non-hydrogen) atoms. The van der Waals surface area contributed by atoms with Crippen LogP contribution in [0.3, 0.4) is 0 Å². The Bertz CT molecular complexity index is 391. The molecule has 1 heterocycles. The van der Waals surface area contributed by atoms with E-state index in [0.717, 1.165) is 19.4 Å². The van der Waals surface area contributed by atoms with Crippen molar-refractivity contribution in [2.75, 3.05) is 6.61 Å². The topological polar surface area (TPSA) is 29.3 Å². The summed E-state index contributed by atoms with van der Waals surface area (Å²) in [6.45, 7) is 5.32. The van der Waals surface area contributed by atoms with Crippen LogP contribution in [0.2, 0.25) is 0 Å². The molecule has 1 saturated heterocycles. The lowest BCUT2D eigenvalue weighted by Gasteiger charge is -2.04. The van der Waals surface area contributed by atoms with Crippen molar-refractivity contribution < 1.29 is 9.53 Å². The molecule has 1 unspecified atom stereocenters. The highest BCUT2D eigenvalue weighted by atomic mass is 16.5. The largest absolute Gasteiger partial charge is 0.465 e. The van der Waals surface area contributed by atoms with Crippen LogP contribution in [0.4, 0.5) is 0 Å². The lowest BCUT2D eigenvalue weighted by atomic mass is 10.2. The molecule has 1 aliphatic heterocycles. The van der Waals surface area contributed by atoms with Crippen LogP contribution in [-0.2, 0) is 16.1 Å². The van der Waals surface area contributed by atoms with Gasteiger partial charge in [0.25, 0.3) is 0 Å². The molecule has 0 aliphatic carbocycles. The molecule has 0 radical (unpaired) electrons. The Hall–Kier alpha value is -1.35. The summed E-state index contributed by atoms with van der Waals surface area (Å²) in [5.41, 5.74) is 1.26. The van der Waals surface area contributed by atoms with Gasteiger partial charge in [-0.1, -0.05) is 43.7 Å². The lowest BCUT2D eigenvalue weighted by Crippen LogP contribution is -2.16. The van der Waals surface area contributed by atoms with Crippen molar-refractivity contribution in [1.82, 2.24) is 4.90 Å². The van der Waals surface area contributed by atoms with E-state index in [2.05, 4.69) is 24.0 Å². The average molecular weight is 247 g/mol. The normalized spacial score (nSPS) is 25.8. The fourth-order valence-corrected chi connectivity index (χ4v) is 2.48. The molecule has 0 aromatic heterocycles. The first-order valence-electron chi connectivity index (χ1n) is 6.74. The summed E-state index contributed by atoms with van der Waals surface area (Å²) in [7, 11) is 0.